The van der Waals surface area contributed by atoms with Crippen LogP contribution in [-0.4, -0.2) is 0 Å². The Hall–Kier alpha value is -2.62. The molecule has 0 spiro atoms. The highest BCUT2D eigenvalue weighted by molar-refractivity contribution is 5.64. The van der Waals surface area contributed by atoms with Gasteiger partial charge in [-0.05, 0) is 59.7 Å². The SMILES string of the molecule is CCCc1ccc(CCc2ccc(-c3cc(F)c(F)c(F)c3)c(F)c2)cc1. The van der Waals surface area contributed by atoms with Crippen molar-refractivity contribution in [1.82, 2.24) is 0 Å². The third-order valence-electron chi connectivity index (χ3n) is 4.59. The minimum atomic E-state index is -1.55. The van der Waals surface area contributed by atoms with Crippen molar-refractivity contribution in [3.63, 3.8) is 0 Å². The number of halogens is 4. The zero-order valence-electron chi connectivity index (χ0n) is 15.0. The average molecular weight is 372 g/mol. The Kier molecular flexibility index (Phi) is 5.94. The molecule has 0 N–H and O–H groups in total. The lowest BCUT2D eigenvalue weighted by atomic mass is 9.98. The van der Waals surface area contributed by atoms with Crippen molar-refractivity contribution in [2.45, 2.75) is 32.6 Å². The van der Waals surface area contributed by atoms with Gasteiger partial charge in [0.15, 0.2) is 17.5 Å². The van der Waals surface area contributed by atoms with Crippen molar-refractivity contribution in [3.05, 3.63) is 94.6 Å². The summed E-state index contributed by atoms with van der Waals surface area (Å²) in [5.41, 5.74) is 3.27. The standard InChI is InChI=1S/C23H20F4/c1-2-3-15-4-6-16(7-5-15)8-9-17-10-11-19(20(24)12-17)18-13-21(25)23(27)22(26)14-18/h4-7,10-14H,2-3,8-9H2,1H3. The second-order valence-electron chi connectivity index (χ2n) is 6.63. The Labute approximate surface area is 156 Å². The second kappa shape index (κ2) is 8.38. The molecule has 0 saturated heterocycles. The maximum absolute atomic E-state index is 14.4. The molecule has 0 saturated carbocycles. The first-order valence-electron chi connectivity index (χ1n) is 8.99. The molecule has 0 aliphatic rings. The second-order valence-corrected chi connectivity index (χ2v) is 6.63. The van der Waals surface area contributed by atoms with Crippen molar-refractivity contribution in [3.8, 4) is 11.1 Å². The minimum absolute atomic E-state index is 0.0260. The van der Waals surface area contributed by atoms with Crippen LogP contribution in [0.25, 0.3) is 11.1 Å². The van der Waals surface area contributed by atoms with E-state index in [2.05, 4.69) is 31.2 Å². The predicted octanol–water partition coefficient (Wildman–Crippen LogP) is 6.65. The van der Waals surface area contributed by atoms with E-state index in [9.17, 15) is 17.6 Å². The van der Waals surface area contributed by atoms with Crippen molar-refractivity contribution in [2.75, 3.05) is 0 Å². The Balaban J connectivity index is 1.73. The molecule has 4 heteroatoms. The van der Waals surface area contributed by atoms with Crippen LogP contribution in [0, 0.1) is 23.3 Å². The topological polar surface area (TPSA) is 0 Å². The van der Waals surface area contributed by atoms with Crippen LogP contribution in [-0.2, 0) is 19.3 Å². The van der Waals surface area contributed by atoms with Gasteiger partial charge in [0.25, 0.3) is 0 Å². The number of aryl methyl sites for hydroxylation is 3. The molecule has 0 bridgehead atoms. The third kappa shape index (κ3) is 4.57. The normalized spacial score (nSPS) is 11.0. The summed E-state index contributed by atoms with van der Waals surface area (Å²) in [5.74, 6) is -4.81. The van der Waals surface area contributed by atoms with Gasteiger partial charge in [-0.25, -0.2) is 17.6 Å². The first-order valence-corrected chi connectivity index (χ1v) is 8.99. The van der Waals surface area contributed by atoms with Gasteiger partial charge in [0.1, 0.15) is 5.82 Å². The van der Waals surface area contributed by atoms with Gasteiger partial charge in [-0.2, -0.15) is 0 Å². The highest BCUT2D eigenvalue weighted by Gasteiger charge is 2.14. The molecule has 0 aliphatic carbocycles. The van der Waals surface area contributed by atoms with E-state index in [4.69, 9.17) is 0 Å². The van der Waals surface area contributed by atoms with E-state index in [0.29, 0.717) is 6.42 Å². The zero-order valence-corrected chi connectivity index (χ0v) is 15.0. The summed E-state index contributed by atoms with van der Waals surface area (Å²) in [7, 11) is 0. The monoisotopic (exact) mass is 372 g/mol. The minimum Gasteiger partial charge on any atom is -0.206 e. The summed E-state index contributed by atoms with van der Waals surface area (Å²) in [6.45, 7) is 2.14. The molecular weight excluding hydrogens is 352 g/mol. The van der Waals surface area contributed by atoms with E-state index in [0.717, 1.165) is 37.0 Å². The summed E-state index contributed by atoms with van der Waals surface area (Å²) in [4.78, 5) is 0. The van der Waals surface area contributed by atoms with Crippen LogP contribution in [0.15, 0.2) is 54.6 Å². The van der Waals surface area contributed by atoms with Crippen molar-refractivity contribution in [2.24, 2.45) is 0 Å². The van der Waals surface area contributed by atoms with Gasteiger partial charge < -0.3 is 0 Å². The predicted molar refractivity (Wildman–Crippen MR) is 99.6 cm³/mol. The van der Waals surface area contributed by atoms with Gasteiger partial charge in [0.2, 0.25) is 0 Å². The summed E-state index contributed by atoms with van der Waals surface area (Å²) in [6, 6.07) is 14.5. The molecule has 0 amide bonds. The molecule has 0 unspecified atom stereocenters. The number of benzene rings is 3. The third-order valence-corrected chi connectivity index (χ3v) is 4.59. The Bertz CT molecular complexity index is 907. The molecule has 3 rings (SSSR count). The lowest BCUT2D eigenvalue weighted by molar-refractivity contribution is 0.447. The summed E-state index contributed by atoms with van der Waals surface area (Å²) in [6.07, 6.45) is 3.58. The fourth-order valence-electron chi connectivity index (χ4n) is 3.11. The van der Waals surface area contributed by atoms with Crippen LogP contribution >= 0.6 is 0 Å². The Morgan fingerprint density at radius 1 is 0.593 bits per heavy atom. The number of hydrogen-bond donors (Lipinski definition) is 0. The molecule has 3 aromatic rings. The quantitative estimate of drug-likeness (QED) is 0.336. The molecule has 0 nitrogen and oxygen atoms in total. The van der Waals surface area contributed by atoms with Crippen molar-refractivity contribution < 1.29 is 17.6 Å². The van der Waals surface area contributed by atoms with Gasteiger partial charge in [-0.1, -0.05) is 49.7 Å². The van der Waals surface area contributed by atoms with Crippen LogP contribution in [0.3, 0.4) is 0 Å². The van der Waals surface area contributed by atoms with Gasteiger partial charge in [-0.3, -0.25) is 0 Å². The van der Waals surface area contributed by atoms with Crippen LogP contribution < -0.4 is 0 Å². The highest BCUT2D eigenvalue weighted by Crippen LogP contribution is 2.27. The lowest BCUT2D eigenvalue weighted by Crippen LogP contribution is -1.96. The lowest BCUT2D eigenvalue weighted by Gasteiger charge is -2.08. The van der Waals surface area contributed by atoms with Crippen LogP contribution in [0.4, 0.5) is 17.6 Å². The first kappa shape index (κ1) is 19.2. The number of rotatable bonds is 6. The maximum atomic E-state index is 14.4. The van der Waals surface area contributed by atoms with E-state index in [-0.39, 0.29) is 11.1 Å². The van der Waals surface area contributed by atoms with E-state index >= 15 is 0 Å². The summed E-state index contributed by atoms with van der Waals surface area (Å²) in [5, 5.41) is 0. The van der Waals surface area contributed by atoms with Crippen LogP contribution in [0.5, 0.6) is 0 Å². The molecule has 3 aromatic carbocycles. The summed E-state index contributed by atoms with van der Waals surface area (Å²) < 4.78 is 54.3. The molecule has 0 aliphatic heterocycles. The van der Waals surface area contributed by atoms with E-state index in [1.54, 1.807) is 6.07 Å². The van der Waals surface area contributed by atoms with Gasteiger partial charge in [0, 0.05) is 5.56 Å². The average Bonchev–Trinajstić information content (AvgIpc) is 2.65. The summed E-state index contributed by atoms with van der Waals surface area (Å²) >= 11 is 0. The molecule has 27 heavy (non-hydrogen) atoms. The van der Waals surface area contributed by atoms with E-state index in [1.807, 2.05) is 0 Å². The van der Waals surface area contributed by atoms with Crippen molar-refractivity contribution >= 4 is 0 Å². The molecule has 0 atom stereocenters. The van der Waals surface area contributed by atoms with E-state index in [1.165, 1.54) is 23.3 Å². The highest BCUT2D eigenvalue weighted by atomic mass is 19.2. The fraction of sp³-hybridized carbons (Fsp3) is 0.217. The molecule has 140 valence electrons. The fourth-order valence-corrected chi connectivity index (χ4v) is 3.11. The van der Waals surface area contributed by atoms with Gasteiger partial charge >= 0.3 is 0 Å². The maximum Gasteiger partial charge on any atom is 0.194 e. The smallest absolute Gasteiger partial charge is 0.194 e. The van der Waals surface area contributed by atoms with E-state index < -0.39 is 23.3 Å². The largest absolute Gasteiger partial charge is 0.206 e. The van der Waals surface area contributed by atoms with Crippen LogP contribution in [0.2, 0.25) is 0 Å². The molecule has 0 radical (unpaired) electrons. The molecule has 0 heterocycles. The first-order chi connectivity index (χ1) is 13.0. The van der Waals surface area contributed by atoms with Crippen LogP contribution in [0.1, 0.15) is 30.0 Å². The molecule has 0 fully saturated rings. The number of hydrogen-bond acceptors (Lipinski definition) is 0. The Morgan fingerprint density at radius 2 is 1.11 bits per heavy atom. The van der Waals surface area contributed by atoms with Gasteiger partial charge in [-0.15, -0.1) is 0 Å². The molecular formula is C23H20F4. The Morgan fingerprint density at radius 3 is 1.67 bits per heavy atom. The zero-order chi connectivity index (χ0) is 19.4. The molecule has 0 aromatic heterocycles. The van der Waals surface area contributed by atoms with Gasteiger partial charge in [0.05, 0.1) is 0 Å². The van der Waals surface area contributed by atoms with Crippen molar-refractivity contribution in [1.29, 1.82) is 0 Å².